The van der Waals surface area contributed by atoms with Crippen molar-refractivity contribution in [1.82, 2.24) is 4.98 Å². The molecule has 3 aromatic rings. The number of ether oxygens (including phenoxy) is 1. The average molecular weight is 251 g/mol. The molecular formula is C17H17NO. The van der Waals surface area contributed by atoms with Crippen LogP contribution in [0.15, 0.2) is 30.3 Å². The SMILES string of the molecule is COc1cc2c3c([nH]c2c2ccccc12)CCCC3. The maximum Gasteiger partial charge on any atom is 0.127 e. The summed E-state index contributed by atoms with van der Waals surface area (Å²) < 4.78 is 5.58. The Balaban J connectivity index is 2.17. The molecule has 0 atom stereocenters. The maximum absolute atomic E-state index is 5.58. The summed E-state index contributed by atoms with van der Waals surface area (Å²) in [6.07, 6.45) is 4.97. The predicted octanol–water partition coefficient (Wildman–Crippen LogP) is 4.21. The average Bonchev–Trinajstić information content (AvgIpc) is 2.85. The van der Waals surface area contributed by atoms with Gasteiger partial charge in [-0.2, -0.15) is 0 Å². The Bertz CT molecular complexity index is 770. The minimum absolute atomic E-state index is 0.982. The standard InChI is InChI=1S/C17H17NO/c1-19-16-10-14-11-6-4-5-9-15(11)18-17(14)13-8-3-2-7-12(13)16/h2-3,7-8,10,18H,4-6,9H2,1H3. The summed E-state index contributed by atoms with van der Waals surface area (Å²) in [5.41, 5.74) is 4.22. The molecule has 0 bridgehead atoms. The number of rotatable bonds is 1. The van der Waals surface area contributed by atoms with Crippen LogP contribution in [0.4, 0.5) is 0 Å². The van der Waals surface area contributed by atoms with Gasteiger partial charge in [0.15, 0.2) is 0 Å². The van der Waals surface area contributed by atoms with E-state index in [1.54, 1.807) is 7.11 Å². The van der Waals surface area contributed by atoms with Crippen LogP contribution >= 0.6 is 0 Å². The molecule has 0 fully saturated rings. The Kier molecular flexibility index (Phi) is 2.31. The van der Waals surface area contributed by atoms with Gasteiger partial charge in [0.25, 0.3) is 0 Å². The lowest BCUT2D eigenvalue weighted by Crippen LogP contribution is -1.99. The smallest absolute Gasteiger partial charge is 0.127 e. The second-order valence-electron chi connectivity index (χ2n) is 5.34. The first-order valence-electron chi connectivity index (χ1n) is 6.97. The van der Waals surface area contributed by atoms with Crippen LogP contribution in [0.1, 0.15) is 24.1 Å². The molecule has 0 amide bonds. The number of methoxy groups -OCH3 is 1. The first-order chi connectivity index (χ1) is 9.38. The quantitative estimate of drug-likeness (QED) is 0.688. The Labute approximate surface area is 112 Å². The summed E-state index contributed by atoms with van der Waals surface area (Å²) in [5, 5.41) is 3.81. The van der Waals surface area contributed by atoms with Crippen LogP contribution < -0.4 is 4.74 Å². The van der Waals surface area contributed by atoms with E-state index in [1.165, 1.54) is 58.6 Å². The number of hydrogen-bond donors (Lipinski definition) is 1. The maximum atomic E-state index is 5.58. The summed E-state index contributed by atoms with van der Waals surface area (Å²) in [4.78, 5) is 3.65. The van der Waals surface area contributed by atoms with E-state index in [0.717, 1.165) is 5.75 Å². The highest BCUT2D eigenvalue weighted by molar-refractivity contribution is 6.10. The molecule has 0 unspecified atom stereocenters. The zero-order chi connectivity index (χ0) is 12.8. The lowest BCUT2D eigenvalue weighted by Gasteiger charge is -2.11. The number of nitrogens with one attached hydrogen (secondary N) is 1. The lowest BCUT2D eigenvalue weighted by atomic mass is 9.95. The van der Waals surface area contributed by atoms with Crippen molar-refractivity contribution >= 4 is 21.7 Å². The van der Waals surface area contributed by atoms with E-state index in [1.807, 2.05) is 0 Å². The largest absolute Gasteiger partial charge is 0.496 e. The molecule has 19 heavy (non-hydrogen) atoms. The normalized spacial score (nSPS) is 14.8. The van der Waals surface area contributed by atoms with E-state index < -0.39 is 0 Å². The molecule has 0 saturated heterocycles. The van der Waals surface area contributed by atoms with Crippen LogP contribution in [-0.4, -0.2) is 12.1 Å². The van der Waals surface area contributed by atoms with Crippen molar-refractivity contribution in [2.24, 2.45) is 0 Å². The number of aromatic nitrogens is 1. The molecule has 0 spiro atoms. The topological polar surface area (TPSA) is 25.0 Å². The van der Waals surface area contributed by atoms with Crippen molar-refractivity contribution in [3.05, 3.63) is 41.6 Å². The van der Waals surface area contributed by atoms with Crippen molar-refractivity contribution in [2.45, 2.75) is 25.7 Å². The van der Waals surface area contributed by atoms with Gasteiger partial charge in [0.2, 0.25) is 0 Å². The molecule has 0 saturated carbocycles. The van der Waals surface area contributed by atoms with Gasteiger partial charge in [-0.3, -0.25) is 0 Å². The summed E-state index contributed by atoms with van der Waals surface area (Å²) in [7, 11) is 1.76. The zero-order valence-electron chi connectivity index (χ0n) is 11.1. The molecule has 2 nitrogen and oxygen atoms in total. The fourth-order valence-corrected chi connectivity index (χ4v) is 3.38. The molecule has 0 aliphatic heterocycles. The fraction of sp³-hybridized carbons (Fsp3) is 0.294. The van der Waals surface area contributed by atoms with Crippen molar-refractivity contribution in [2.75, 3.05) is 7.11 Å². The molecule has 4 rings (SSSR count). The van der Waals surface area contributed by atoms with Crippen LogP contribution in [0, 0.1) is 0 Å². The minimum Gasteiger partial charge on any atom is -0.496 e. The Morgan fingerprint density at radius 3 is 2.63 bits per heavy atom. The minimum atomic E-state index is 0.982. The highest BCUT2D eigenvalue weighted by atomic mass is 16.5. The van der Waals surface area contributed by atoms with Crippen LogP contribution in [0.25, 0.3) is 21.7 Å². The van der Waals surface area contributed by atoms with E-state index in [9.17, 15) is 0 Å². The van der Waals surface area contributed by atoms with Gasteiger partial charge in [-0.05, 0) is 37.3 Å². The second-order valence-corrected chi connectivity index (χ2v) is 5.34. The Morgan fingerprint density at radius 2 is 1.79 bits per heavy atom. The van der Waals surface area contributed by atoms with Crippen LogP contribution in [0.5, 0.6) is 5.75 Å². The molecule has 1 aromatic heterocycles. The molecular weight excluding hydrogens is 234 g/mol. The monoisotopic (exact) mass is 251 g/mol. The predicted molar refractivity (Wildman–Crippen MR) is 79.0 cm³/mol. The summed E-state index contributed by atoms with van der Waals surface area (Å²) in [6, 6.07) is 10.7. The van der Waals surface area contributed by atoms with Crippen molar-refractivity contribution in [1.29, 1.82) is 0 Å². The number of fused-ring (bicyclic) bond motifs is 5. The van der Waals surface area contributed by atoms with Gasteiger partial charge in [0, 0.05) is 21.9 Å². The van der Waals surface area contributed by atoms with E-state index in [0.29, 0.717) is 0 Å². The van der Waals surface area contributed by atoms with Crippen molar-refractivity contribution in [3.8, 4) is 5.75 Å². The summed E-state index contributed by atoms with van der Waals surface area (Å²) in [5.74, 6) is 0.982. The Hall–Kier alpha value is -1.96. The first-order valence-corrected chi connectivity index (χ1v) is 6.97. The molecule has 1 aliphatic rings. The van der Waals surface area contributed by atoms with E-state index >= 15 is 0 Å². The molecule has 1 aliphatic carbocycles. The molecule has 1 N–H and O–H groups in total. The molecule has 96 valence electrons. The van der Waals surface area contributed by atoms with Crippen molar-refractivity contribution < 1.29 is 4.74 Å². The second kappa shape index (κ2) is 4.02. The van der Waals surface area contributed by atoms with Crippen LogP contribution in [0.3, 0.4) is 0 Å². The third kappa shape index (κ3) is 1.49. The van der Waals surface area contributed by atoms with Crippen LogP contribution in [0.2, 0.25) is 0 Å². The first kappa shape index (κ1) is 10.9. The van der Waals surface area contributed by atoms with Crippen LogP contribution in [-0.2, 0) is 12.8 Å². The zero-order valence-corrected chi connectivity index (χ0v) is 11.1. The van der Waals surface area contributed by atoms with Gasteiger partial charge in [0.05, 0.1) is 12.6 Å². The number of H-pyrrole nitrogens is 1. The summed E-state index contributed by atoms with van der Waals surface area (Å²) in [6.45, 7) is 0. The van der Waals surface area contributed by atoms with E-state index in [4.69, 9.17) is 4.74 Å². The van der Waals surface area contributed by atoms with Gasteiger partial charge >= 0.3 is 0 Å². The summed E-state index contributed by atoms with van der Waals surface area (Å²) >= 11 is 0. The van der Waals surface area contributed by atoms with E-state index in [2.05, 4.69) is 35.3 Å². The van der Waals surface area contributed by atoms with E-state index in [-0.39, 0.29) is 0 Å². The number of hydrogen-bond acceptors (Lipinski definition) is 1. The fourth-order valence-electron chi connectivity index (χ4n) is 3.38. The third-order valence-corrected chi connectivity index (χ3v) is 4.30. The van der Waals surface area contributed by atoms with Gasteiger partial charge in [0.1, 0.15) is 5.75 Å². The Morgan fingerprint density at radius 1 is 1.00 bits per heavy atom. The van der Waals surface area contributed by atoms with Crippen molar-refractivity contribution in [3.63, 3.8) is 0 Å². The number of aromatic amines is 1. The number of aryl methyl sites for hydroxylation is 2. The lowest BCUT2D eigenvalue weighted by molar-refractivity contribution is 0.420. The molecule has 2 aromatic carbocycles. The van der Waals surface area contributed by atoms with Gasteiger partial charge in [-0.15, -0.1) is 0 Å². The highest BCUT2D eigenvalue weighted by Crippen LogP contribution is 2.37. The van der Waals surface area contributed by atoms with Gasteiger partial charge in [-0.25, -0.2) is 0 Å². The molecule has 2 heteroatoms. The third-order valence-electron chi connectivity index (χ3n) is 4.30. The highest BCUT2D eigenvalue weighted by Gasteiger charge is 2.18. The van der Waals surface area contributed by atoms with Gasteiger partial charge < -0.3 is 9.72 Å². The van der Waals surface area contributed by atoms with Gasteiger partial charge in [-0.1, -0.05) is 24.3 Å². The molecule has 1 heterocycles. The molecule has 0 radical (unpaired) electrons. The number of benzene rings is 2.